The average molecular weight is 456 g/mol. The van der Waals surface area contributed by atoms with E-state index in [4.69, 9.17) is 0 Å². The van der Waals surface area contributed by atoms with Crippen molar-refractivity contribution in [2.24, 2.45) is 7.05 Å². The van der Waals surface area contributed by atoms with Crippen LogP contribution in [0, 0.1) is 13.8 Å². The Bertz CT molecular complexity index is 1320. The predicted molar refractivity (Wildman–Crippen MR) is 116 cm³/mol. The van der Waals surface area contributed by atoms with Gasteiger partial charge in [0.25, 0.3) is 5.91 Å². The van der Waals surface area contributed by atoms with Crippen molar-refractivity contribution in [2.75, 3.05) is 6.54 Å². The summed E-state index contributed by atoms with van der Waals surface area (Å²) in [7, 11) is 1.88. The maximum atomic E-state index is 13.1. The second kappa shape index (κ2) is 8.68. The Kier molecular flexibility index (Phi) is 5.92. The molecular weight excluding hydrogens is 433 g/mol. The summed E-state index contributed by atoms with van der Waals surface area (Å²) < 4.78 is 42.6. The Morgan fingerprint density at radius 2 is 2.00 bits per heavy atom. The summed E-state index contributed by atoms with van der Waals surface area (Å²) in [5.41, 5.74) is 3.60. The minimum absolute atomic E-state index is 0.274. The topological polar surface area (TPSA) is 77.1 Å². The number of nitrogens with zero attached hydrogens (tertiary/aromatic N) is 5. The van der Waals surface area contributed by atoms with E-state index >= 15 is 0 Å². The Hall–Kier alpha value is -3.69. The van der Waals surface area contributed by atoms with Crippen LogP contribution in [0.5, 0.6) is 0 Å². The average Bonchev–Trinajstić information content (AvgIpc) is 3.37. The van der Waals surface area contributed by atoms with Crippen LogP contribution >= 0.6 is 0 Å². The van der Waals surface area contributed by atoms with Crippen LogP contribution in [0.25, 0.3) is 5.65 Å². The molecule has 1 amide bonds. The van der Waals surface area contributed by atoms with Crippen LogP contribution in [-0.4, -0.2) is 36.6 Å². The van der Waals surface area contributed by atoms with E-state index in [9.17, 15) is 18.0 Å². The van der Waals surface area contributed by atoms with Gasteiger partial charge in [-0.05, 0) is 31.0 Å². The van der Waals surface area contributed by atoms with Crippen molar-refractivity contribution in [1.29, 1.82) is 0 Å². The molecule has 4 rings (SSSR count). The maximum absolute atomic E-state index is 13.1. The number of aryl methyl sites for hydroxylation is 3. The van der Waals surface area contributed by atoms with E-state index in [2.05, 4.69) is 20.4 Å². The molecule has 172 valence electrons. The Morgan fingerprint density at radius 3 is 2.70 bits per heavy atom. The fourth-order valence-electron chi connectivity index (χ4n) is 3.78. The Balaban J connectivity index is 1.55. The van der Waals surface area contributed by atoms with Crippen molar-refractivity contribution < 1.29 is 18.0 Å². The quantitative estimate of drug-likeness (QED) is 0.480. The number of nitrogens with one attached hydrogen (secondary N) is 1. The van der Waals surface area contributed by atoms with E-state index in [1.807, 2.05) is 24.7 Å². The van der Waals surface area contributed by atoms with Gasteiger partial charge < -0.3 is 9.88 Å². The number of carbonyl (C=O) groups is 1. The monoisotopic (exact) mass is 456 g/mol. The molecule has 0 atom stereocenters. The summed E-state index contributed by atoms with van der Waals surface area (Å²) in [6, 6.07) is 5.25. The third-order valence-electron chi connectivity index (χ3n) is 5.51. The number of benzene rings is 1. The van der Waals surface area contributed by atoms with Gasteiger partial charge in [-0.25, -0.2) is 14.5 Å². The molecule has 0 bridgehead atoms. The molecule has 3 aromatic heterocycles. The van der Waals surface area contributed by atoms with Crippen LogP contribution in [0.3, 0.4) is 0 Å². The summed E-state index contributed by atoms with van der Waals surface area (Å²) in [5, 5.41) is 7.17. The van der Waals surface area contributed by atoms with Crippen molar-refractivity contribution in [3.8, 4) is 0 Å². The van der Waals surface area contributed by atoms with Crippen molar-refractivity contribution >= 4 is 11.6 Å². The van der Waals surface area contributed by atoms with Crippen molar-refractivity contribution in [3.05, 3.63) is 82.3 Å². The highest BCUT2D eigenvalue weighted by Gasteiger charge is 2.30. The zero-order chi connectivity index (χ0) is 23.8. The van der Waals surface area contributed by atoms with E-state index in [-0.39, 0.29) is 12.3 Å². The molecule has 1 aromatic carbocycles. The first-order valence-corrected chi connectivity index (χ1v) is 10.4. The van der Waals surface area contributed by atoms with Gasteiger partial charge in [-0.1, -0.05) is 18.2 Å². The van der Waals surface area contributed by atoms with E-state index in [0.29, 0.717) is 35.4 Å². The molecule has 0 fully saturated rings. The number of carbonyl (C=O) groups excluding carboxylic acids is 1. The normalized spacial score (nSPS) is 11.8. The molecule has 10 heteroatoms. The second-order valence-electron chi connectivity index (χ2n) is 7.97. The SMILES string of the molecule is Cc1nc2c(C(=O)NCCc3cn(C)cn3)cnn2c(C)c1Cc1cccc(C(F)(F)F)c1. The van der Waals surface area contributed by atoms with E-state index in [0.717, 1.165) is 29.1 Å². The van der Waals surface area contributed by atoms with Gasteiger partial charge in [0.2, 0.25) is 0 Å². The van der Waals surface area contributed by atoms with Crippen LogP contribution in [-0.2, 0) is 26.1 Å². The third-order valence-corrected chi connectivity index (χ3v) is 5.51. The zero-order valence-corrected chi connectivity index (χ0v) is 18.4. The largest absolute Gasteiger partial charge is 0.416 e. The standard InChI is InChI=1S/C23H23F3N6O/c1-14-19(10-16-5-4-6-17(9-16)23(24,25)26)15(2)32-21(30-14)20(11-29-32)22(33)27-8-7-18-12-31(3)13-28-18/h4-6,9,11-13H,7-8,10H2,1-3H3,(H,27,33). The molecule has 0 unspecified atom stereocenters. The van der Waals surface area contributed by atoms with Crippen LogP contribution in [0.1, 0.15) is 44.1 Å². The highest BCUT2D eigenvalue weighted by Crippen LogP contribution is 2.30. The first-order valence-electron chi connectivity index (χ1n) is 10.4. The molecule has 0 aliphatic heterocycles. The smallest absolute Gasteiger partial charge is 0.351 e. The van der Waals surface area contributed by atoms with Gasteiger partial charge in [0, 0.05) is 44.0 Å². The fourth-order valence-corrected chi connectivity index (χ4v) is 3.78. The number of imidazole rings is 1. The minimum Gasteiger partial charge on any atom is -0.351 e. The van der Waals surface area contributed by atoms with Crippen molar-refractivity contribution in [3.63, 3.8) is 0 Å². The number of fused-ring (bicyclic) bond motifs is 1. The lowest BCUT2D eigenvalue weighted by Gasteiger charge is -2.13. The van der Waals surface area contributed by atoms with Gasteiger partial charge in [-0.3, -0.25) is 4.79 Å². The summed E-state index contributed by atoms with van der Waals surface area (Å²) in [5.74, 6) is -0.294. The summed E-state index contributed by atoms with van der Waals surface area (Å²) in [4.78, 5) is 21.5. The first-order chi connectivity index (χ1) is 15.6. The third kappa shape index (κ3) is 4.74. The van der Waals surface area contributed by atoms with Gasteiger partial charge >= 0.3 is 6.18 Å². The van der Waals surface area contributed by atoms with Crippen molar-refractivity contribution in [1.82, 2.24) is 29.5 Å². The maximum Gasteiger partial charge on any atom is 0.416 e. The number of alkyl halides is 3. The molecule has 4 aromatic rings. The van der Waals surface area contributed by atoms with E-state index in [1.165, 1.54) is 12.3 Å². The van der Waals surface area contributed by atoms with Crippen LogP contribution in [0.15, 0.2) is 43.0 Å². The molecule has 0 aliphatic carbocycles. The summed E-state index contributed by atoms with van der Waals surface area (Å²) in [6.07, 6.45) is 1.52. The number of halogens is 3. The number of hydrogen-bond donors (Lipinski definition) is 1. The van der Waals surface area contributed by atoms with Crippen LogP contribution in [0.4, 0.5) is 13.2 Å². The Morgan fingerprint density at radius 1 is 1.21 bits per heavy atom. The van der Waals surface area contributed by atoms with Gasteiger partial charge in [-0.15, -0.1) is 0 Å². The molecular formula is C23H23F3N6O. The number of hydrogen-bond acceptors (Lipinski definition) is 4. The molecule has 0 saturated carbocycles. The van der Waals surface area contributed by atoms with Crippen LogP contribution < -0.4 is 5.32 Å². The first kappa shape index (κ1) is 22.5. The lowest BCUT2D eigenvalue weighted by Crippen LogP contribution is -2.26. The molecule has 1 N–H and O–H groups in total. The van der Waals surface area contributed by atoms with Gasteiger partial charge in [-0.2, -0.15) is 18.3 Å². The highest BCUT2D eigenvalue weighted by atomic mass is 19.4. The number of amides is 1. The van der Waals surface area contributed by atoms with E-state index in [1.54, 1.807) is 23.8 Å². The molecule has 0 spiro atoms. The molecule has 0 aliphatic rings. The molecule has 7 nitrogen and oxygen atoms in total. The van der Waals surface area contributed by atoms with Gasteiger partial charge in [0.15, 0.2) is 5.65 Å². The van der Waals surface area contributed by atoms with Crippen molar-refractivity contribution in [2.45, 2.75) is 32.9 Å². The highest BCUT2D eigenvalue weighted by molar-refractivity contribution is 5.99. The number of rotatable bonds is 6. The Labute approximate surface area is 188 Å². The summed E-state index contributed by atoms with van der Waals surface area (Å²) >= 11 is 0. The lowest BCUT2D eigenvalue weighted by atomic mass is 10.0. The number of aromatic nitrogens is 5. The van der Waals surface area contributed by atoms with Crippen LogP contribution in [0.2, 0.25) is 0 Å². The zero-order valence-electron chi connectivity index (χ0n) is 18.4. The molecule has 3 heterocycles. The minimum atomic E-state index is -4.40. The fraction of sp³-hybridized carbons (Fsp3) is 0.304. The van der Waals surface area contributed by atoms with Gasteiger partial charge in [0.1, 0.15) is 5.56 Å². The van der Waals surface area contributed by atoms with Gasteiger partial charge in [0.05, 0.1) is 23.8 Å². The van der Waals surface area contributed by atoms with E-state index < -0.39 is 11.7 Å². The summed E-state index contributed by atoms with van der Waals surface area (Å²) in [6.45, 7) is 4.02. The molecule has 0 radical (unpaired) electrons. The molecule has 0 saturated heterocycles. The second-order valence-corrected chi connectivity index (χ2v) is 7.97. The lowest BCUT2D eigenvalue weighted by molar-refractivity contribution is -0.137. The predicted octanol–water partition coefficient (Wildman–Crippen LogP) is 3.66. The molecule has 33 heavy (non-hydrogen) atoms.